The van der Waals surface area contributed by atoms with Gasteiger partial charge >= 0.3 is 0 Å². The van der Waals surface area contributed by atoms with Gasteiger partial charge in [-0.3, -0.25) is 9.88 Å². The summed E-state index contributed by atoms with van der Waals surface area (Å²) < 4.78 is 38.8. The average molecular weight is 478 g/mol. The number of fused-ring (bicyclic) bond motifs is 4. The van der Waals surface area contributed by atoms with Crippen molar-refractivity contribution in [1.82, 2.24) is 14.9 Å². The number of nitrogens with zero attached hydrogens (tertiary/aromatic N) is 2. The molecule has 0 unspecified atom stereocenters. The Hall–Kier alpha value is -3.36. The van der Waals surface area contributed by atoms with Crippen molar-refractivity contribution >= 4 is 21.8 Å². The van der Waals surface area contributed by atoms with Gasteiger partial charge in [0, 0.05) is 60.5 Å². The third-order valence-electron chi connectivity index (χ3n) is 6.64. The second-order valence-corrected chi connectivity index (χ2v) is 9.03. The Kier molecular flexibility index (Phi) is 5.91. The summed E-state index contributed by atoms with van der Waals surface area (Å²) in [5.41, 5.74) is 3.39. The molecule has 1 N–H and O–H groups in total. The Morgan fingerprint density at radius 2 is 1.97 bits per heavy atom. The number of halogens is 1. The molecule has 0 saturated carbocycles. The number of aryl methyl sites for hydroxylation is 1. The molecular weight excluding hydrogens is 449 g/mol. The normalized spacial score (nSPS) is 15.9. The third-order valence-corrected chi connectivity index (χ3v) is 6.64. The quantitative estimate of drug-likeness (QED) is 0.378. The number of ether oxygens (including phenoxy) is 4. The van der Waals surface area contributed by atoms with Gasteiger partial charge in [0.05, 0.1) is 37.3 Å². The number of rotatable bonds is 7. The van der Waals surface area contributed by atoms with E-state index in [1.807, 2.05) is 19.1 Å². The van der Waals surface area contributed by atoms with Gasteiger partial charge in [0.2, 0.25) is 0 Å². The van der Waals surface area contributed by atoms with Crippen LogP contribution in [-0.4, -0.2) is 60.9 Å². The van der Waals surface area contributed by atoms with E-state index < -0.39 is 0 Å². The van der Waals surface area contributed by atoms with Gasteiger partial charge in [0.15, 0.2) is 23.1 Å². The third kappa shape index (κ3) is 4.28. The van der Waals surface area contributed by atoms with E-state index in [0.29, 0.717) is 30.1 Å². The van der Waals surface area contributed by atoms with Gasteiger partial charge in [-0.1, -0.05) is 0 Å². The summed E-state index contributed by atoms with van der Waals surface area (Å²) in [5, 5.41) is 1.35. The zero-order chi connectivity index (χ0) is 23.8. The van der Waals surface area contributed by atoms with E-state index in [1.165, 1.54) is 0 Å². The van der Waals surface area contributed by atoms with Crippen molar-refractivity contribution in [1.29, 1.82) is 0 Å². The van der Waals surface area contributed by atoms with Crippen LogP contribution in [0, 0.1) is 12.7 Å². The number of H-pyrrole nitrogens is 1. The van der Waals surface area contributed by atoms with Gasteiger partial charge in [0.25, 0.3) is 0 Å². The van der Waals surface area contributed by atoms with Crippen LogP contribution in [0.3, 0.4) is 0 Å². The maximum absolute atomic E-state index is 15.2. The lowest BCUT2D eigenvalue weighted by atomic mass is 10.0. The number of morpholine rings is 1. The molecule has 0 atom stereocenters. The maximum Gasteiger partial charge on any atom is 0.175 e. The summed E-state index contributed by atoms with van der Waals surface area (Å²) in [6, 6.07) is 8.95. The summed E-state index contributed by atoms with van der Waals surface area (Å²) >= 11 is 0. The predicted octanol–water partition coefficient (Wildman–Crippen LogP) is 4.99. The summed E-state index contributed by atoms with van der Waals surface area (Å²) in [6.07, 6.45) is 3.32. The first-order chi connectivity index (χ1) is 17.2. The molecule has 35 heavy (non-hydrogen) atoms. The first-order valence-electron chi connectivity index (χ1n) is 12.1. The molecule has 0 spiro atoms. The van der Waals surface area contributed by atoms with E-state index in [0.717, 1.165) is 79.1 Å². The molecule has 0 amide bonds. The fourth-order valence-electron chi connectivity index (χ4n) is 4.95. The number of hydrogen-bond donors (Lipinski definition) is 1. The SMILES string of the molecule is Cc1cc2c(F)c(Oc3ccnc4cc(OCCCN5CCOCC5)c5c(c34)CCO5)ccc2[nH]1. The van der Waals surface area contributed by atoms with Crippen LogP contribution in [0.25, 0.3) is 21.8 Å². The smallest absolute Gasteiger partial charge is 0.175 e. The molecule has 2 aliphatic heterocycles. The van der Waals surface area contributed by atoms with Crippen molar-refractivity contribution in [2.75, 3.05) is 46.1 Å². The molecule has 6 rings (SSSR count). The average Bonchev–Trinajstić information content (AvgIpc) is 3.51. The van der Waals surface area contributed by atoms with E-state index in [9.17, 15) is 0 Å². The molecule has 2 aromatic heterocycles. The Bertz CT molecular complexity index is 1380. The van der Waals surface area contributed by atoms with Gasteiger partial charge in [-0.2, -0.15) is 0 Å². The minimum Gasteiger partial charge on any atom is -0.490 e. The van der Waals surface area contributed by atoms with Crippen molar-refractivity contribution in [3.8, 4) is 23.0 Å². The summed E-state index contributed by atoms with van der Waals surface area (Å²) in [5.74, 6) is 1.79. The number of pyridine rings is 1. The van der Waals surface area contributed by atoms with Gasteiger partial charge in [0.1, 0.15) is 5.75 Å². The topological polar surface area (TPSA) is 68.8 Å². The standard InChI is InChI=1S/C27H28FN3O4/c1-17-15-19-20(30-17)3-4-23(26(19)28)35-22-5-7-29-21-16-24(27-18(25(21)22)6-12-34-27)33-11-2-8-31-9-13-32-14-10-31/h3-5,7,15-16,30H,2,6,8-14H2,1H3. The number of benzene rings is 2. The molecule has 1 fully saturated rings. The van der Waals surface area contributed by atoms with Crippen LogP contribution < -0.4 is 14.2 Å². The monoisotopic (exact) mass is 477 g/mol. The van der Waals surface area contributed by atoms with Crippen LogP contribution in [0.15, 0.2) is 36.5 Å². The van der Waals surface area contributed by atoms with Gasteiger partial charge < -0.3 is 23.9 Å². The number of nitrogens with one attached hydrogen (secondary N) is 1. The lowest BCUT2D eigenvalue weighted by Gasteiger charge is -2.26. The molecule has 2 aliphatic rings. The van der Waals surface area contributed by atoms with Crippen molar-refractivity contribution < 1.29 is 23.3 Å². The van der Waals surface area contributed by atoms with Gasteiger partial charge in [-0.05, 0) is 37.6 Å². The van der Waals surface area contributed by atoms with Crippen LogP contribution in [0.4, 0.5) is 4.39 Å². The fraction of sp³-hybridized carbons (Fsp3) is 0.370. The van der Waals surface area contributed by atoms with E-state index in [4.69, 9.17) is 18.9 Å². The maximum atomic E-state index is 15.2. The lowest BCUT2D eigenvalue weighted by molar-refractivity contribution is 0.0357. The largest absolute Gasteiger partial charge is 0.490 e. The first-order valence-corrected chi connectivity index (χ1v) is 12.1. The van der Waals surface area contributed by atoms with E-state index in [-0.39, 0.29) is 11.6 Å². The molecule has 0 bridgehead atoms. The summed E-state index contributed by atoms with van der Waals surface area (Å²) in [6.45, 7) is 7.58. The molecule has 8 heteroatoms. The van der Waals surface area contributed by atoms with Crippen molar-refractivity contribution in [2.24, 2.45) is 0 Å². The van der Waals surface area contributed by atoms with Crippen LogP contribution in [0.1, 0.15) is 17.7 Å². The van der Waals surface area contributed by atoms with Crippen LogP contribution >= 0.6 is 0 Å². The predicted molar refractivity (Wildman–Crippen MR) is 131 cm³/mol. The lowest BCUT2D eigenvalue weighted by Crippen LogP contribution is -2.37. The molecular formula is C27H28FN3O4. The highest BCUT2D eigenvalue weighted by Crippen LogP contribution is 2.45. The molecule has 182 valence electrons. The summed E-state index contributed by atoms with van der Waals surface area (Å²) in [7, 11) is 0. The Morgan fingerprint density at radius 3 is 2.86 bits per heavy atom. The highest BCUT2D eigenvalue weighted by molar-refractivity contribution is 5.93. The molecule has 7 nitrogen and oxygen atoms in total. The molecule has 2 aromatic carbocycles. The van der Waals surface area contributed by atoms with E-state index >= 15 is 4.39 Å². The van der Waals surface area contributed by atoms with Crippen LogP contribution in [0.2, 0.25) is 0 Å². The highest BCUT2D eigenvalue weighted by atomic mass is 19.1. The van der Waals surface area contributed by atoms with Gasteiger partial charge in [-0.15, -0.1) is 0 Å². The first kappa shape index (κ1) is 22.1. The minimum atomic E-state index is -0.384. The fourth-order valence-corrected chi connectivity index (χ4v) is 4.95. The highest BCUT2D eigenvalue weighted by Gasteiger charge is 2.25. The van der Waals surface area contributed by atoms with E-state index in [1.54, 1.807) is 24.4 Å². The Labute approximate surface area is 202 Å². The summed E-state index contributed by atoms with van der Waals surface area (Å²) in [4.78, 5) is 10.1. The Balaban J connectivity index is 1.26. The number of hydrogen-bond acceptors (Lipinski definition) is 6. The molecule has 0 aliphatic carbocycles. The van der Waals surface area contributed by atoms with Crippen LogP contribution in [0.5, 0.6) is 23.0 Å². The van der Waals surface area contributed by atoms with Crippen LogP contribution in [-0.2, 0) is 11.2 Å². The number of aromatic amines is 1. The second-order valence-electron chi connectivity index (χ2n) is 9.03. The molecule has 1 saturated heterocycles. The second kappa shape index (κ2) is 9.36. The van der Waals surface area contributed by atoms with Crippen molar-refractivity contribution in [3.05, 3.63) is 53.6 Å². The number of aromatic nitrogens is 2. The zero-order valence-corrected chi connectivity index (χ0v) is 19.7. The van der Waals surface area contributed by atoms with E-state index in [2.05, 4.69) is 14.9 Å². The van der Waals surface area contributed by atoms with Crippen molar-refractivity contribution in [2.45, 2.75) is 19.8 Å². The molecule has 0 radical (unpaired) electrons. The van der Waals surface area contributed by atoms with Crippen molar-refractivity contribution in [3.63, 3.8) is 0 Å². The van der Waals surface area contributed by atoms with Gasteiger partial charge in [-0.25, -0.2) is 4.39 Å². The minimum absolute atomic E-state index is 0.181. The Morgan fingerprint density at radius 1 is 1.09 bits per heavy atom. The zero-order valence-electron chi connectivity index (χ0n) is 19.7. The molecule has 4 heterocycles. The molecule has 4 aromatic rings.